The van der Waals surface area contributed by atoms with E-state index < -0.39 is 57.4 Å². The molecule has 0 aromatic heterocycles. The molecule has 6 heteroatoms. The number of carbonyl (C=O) groups is 2. The molecule has 0 aliphatic heterocycles. The van der Waals surface area contributed by atoms with Gasteiger partial charge in [0.05, 0.1) is 12.3 Å². The van der Waals surface area contributed by atoms with Crippen LogP contribution in [-0.2, 0) is 9.59 Å². The first-order valence-electron chi connectivity index (χ1n) is 20.1. The van der Waals surface area contributed by atoms with Crippen molar-refractivity contribution in [3.63, 3.8) is 0 Å². The van der Waals surface area contributed by atoms with E-state index in [0.717, 1.165) is 19.3 Å². The summed E-state index contributed by atoms with van der Waals surface area (Å²) in [6.45, 7) is 16.2. The topological polar surface area (TPSA) is 74.6 Å². The van der Waals surface area contributed by atoms with Crippen LogP contribution in [-0.4, -0.2) is 61.7 Å². The van der Waals surface area contributed by atoms with Crippen molar-refractivity contribution in [1.82, 2.24) is 0 Å². The fourth-order valence-electron chi connectivity index (χ4n) is 5.39. The molecule has 274 valence electrons. The molecule has 0 aromatic rings. The Morgan fingerprint density at radius 2 is 0.783 bits per heavy atom. The van der Waals surface area contributed by atoms with Gasteiger partial charge in [0.2, 0.25) is 0 Å². The Hall–Kier alpha value is 0.277. The number of rotatable bonds is 31. The quantitative estimate of drug-likeness (QED) is 0.0414. The van der Waals surface area contributed by atoms with Crippen molar-refractivity contribution in [3.05, 3.63) is 12.2 Å². The second kappa shape index (κ2) is 43.3. The summed E-state index contributed by atoms with van der Waals surface area (Å²) < 4.78 is 10.1. The van der Waals surface area contributed by atoms with Crippen LogP contribution >= 0.6 is 0 Å². The molecule has 2 radical (unpaired) electrons. The monoisotopic (exact) mass is 866 g/mol. The molecular weight excluding hydrogens is 782 g/mol. The summed E-state index contributed by atoms with van der Waals surface area (Å²) in [6.07, 6.45) is 31.4. The molecule has 2 N–H and O–H groups in total. The second-order valence-corrected chi connectivity index (χ2v) is 30.5. The Bertz CT molecular complexity index is 579. The van der Waals surface area contributed by atoms with Crippen LogP contribution in [0.5, 0.6) is 0 Å². The van der Waals surface area contributed by atoms with E-state index in [1.807, 2.05) is 0 Å². The van der Waals surface area contributed by atoms with E-state index >= 15 is 0 Å². The molecule has 1 unspecified atom stereocenters. The van der Waals surface area contributed by atoms with Crippen LogP contribution in [0.1, 0.15) is 190 Å². The third-order valence-corrected chi connectivity index (χ3v) is 26.8. The Morgan fingerprint density at radius 3 is 1.07 bits per heavy atom. The first-order chi connectivity index (χ1) is 22.3. The number of carboxylic acids is 2. The SMILES string of the molecule is CCCCCCCCCC/C=C/C(CC(=O)O)C(=O)O.CCC[CH2][Sn]([CH2]CCC)[CH2]CCC.CCC[CH2][Sn]([CH2]CCC)[CH2]CCC. The van der Waals surface area contributed by atoms with Crippen molar-refractivity contribution in [2.24, 2.45) is 5.92 Å². The van der Waals surface area contributed by atoms with E-state index in [0.29, 0.717) is 0 Å². The van der Waals surface area contributed by atoms with E-state index in [1.54, 1.807) is 32.7 Å². The molecule has 0 aliphatic carbocycles. The zero-order valence-corrected chi connectivity index (χ0v) is 38.0. The van der Waals surface area contributed by atoms with Gasteiger partial charge in [-0.05, 0) is 12.8 Å². The average Bonchev–Trinajstić information content (AvgIpc) is 3.04. The molecule has 46 heavy (non-hydrogen) atoms. The third kappa shape index (κ3) is 42.3. The van der Waals surface area contributed by atoms with Gasteiger partial charge in [0.25, 0.3) is 0 Å². The van der Waals surface area contributed by atoms with Crippen molar-refractivity contribution in [1.29, 1.82) is 0 Å². The van der Waals surface area contributed by atoms with Gasteiger partial charge in [-0.25, -0.2) is 0 Å². The van der Waals surface area contributed by atoms with Crippen LogP contribution in [0.25, 0.3) is 0 Å². The van der Waals surface area contributed by atoms with Crippen LogP contribution < -0.4 is 0 Å². The predicted molar refractivity (Wildman–Crippen MR) is 210 cm³/mol. The normalized spacial score (nSPS) is 11.8. The number of unbranched alkanes of at least 4 members (excludes halogenated alkanes) is 14. The van der Waals surface area contributed by atoms with Crippen molar-refractivity contribution < 1.29 is 19.8 Å². The molecule has 4 nitrogen and oxygen atoms in total. The number of allylic oxidation sites excluding steroid dienone is 1. The minimum absolute atomic E-state index is 0.344. The number of carboxylic acid groups (broad SMARTS) is 2. The zero-order chi connectivity index (χ0) is 35.1. The van der Waals surface area contributed by atoms with E-state index in [-0.39, 0.29) is 6.42 Å². The average molecular weight is 865 g/mol. The summed E-state index contributed by atoms with van der Waals surface area (Å²) in [4.78, 5) is 21.3. The molecule has 0 spiro atoms. The Balaban J connectivity index is -0.000000627. The molecule has 0 aliphatic rings. The summed E-state index contributed by atoms with van der Waals surface area (Å²) >= 11 is -1.68. The summed E-state index contributed by atoms with van der Waals surface area (Å²) in [7, 11) is 0. The summed E-state index contributed by atoms with van der Waals surface area (Å²) in [6, 6.07) is 0. The maximum absolute atomic E-state index is 10.8. The van der Waals surface area contributed by atoms with Crippen molar-refractivity contribution >= 4 is 51.5 Å². The van der Waals surface area contributed by atoms with Gasteiger partial charge < -0.3 is 10.2 Å². The molecule has 0 fully saturated rings. The van der Waals surface area contributed by atoms with E-state index in [1.165, 1.54) is 122 Å². The van der Waals surface area contributed by atoms with Crippen molar-refractivity contribution in [3.8, 4) is 0 Å². The summed E-state index contributed by atoms with van der Waals surface area (Å²) in [5.74, 6) is -3.05. The van der Waals surface area contributed by atoms with E-state index in [4.69, 9.17) is 10.2 Å². The number of aliphatic carboxylic acids is 2. The Kier molecular flexibility index (Phi) is 47.7. The molecular formula is C40H82O4Sn2. The molecule has 0 amide bonds. The van der Waals surface area contributed by atoms with E-state index in [2.05, 4.69) is 48.5 Å². The van der Waals surface area contributed by atoms with Gasteiger partial charge in [0.1, 0.15) is 0 Å². The van der Waals surface area contributed by atoms with Gasteiger partial charge in [-0.3, -0.25) is 9.59 Å². The van der Waals surface area contributed by atoms with E-state index in [9.17, 15) is 9.59 Å². The Morgan fingerprint density at radius 1 is 0.478 bits per heavy atom. The van der Waals surface area contributed by atoms with Crippen LogP contribution in [0.15, 0.2) is 12.2 Å². The van der Waals surface area contributed by atoms with Gasteiger partial charge in [-0.1, -0.05) is 64.0 Å². The first-order valence-corrected chi connectivity index (χ1v) is 32.2. The van der Waals surface area contributed by atoms with Gasteiger partial charge in [0.15, 0.2) is 0 Å². The molecule has 1 atom stereocenters. The maximum atomic E-state index is 10.8. The zero-order valence-electron chi connectivity index (χ0n) is 32.2. The minimum atomic E-state index is -1.07. The summed E-state index contributed by atoms with van der Waals surface area (Å²) in [5, 5.41) is 17.4. The van der Waals surface area contributed by atoms with Crippen LogP contribution in [0.3, 0.4) is 0 Å². The molecule has 0 saturated carbocycles. The van der Waals surface area contributed by atoms with Crippen LogP contribution in [0.2, 0.25) is 26.6 Å². The standard InChI is InChI=1S/C16H28O4.6C4H9.2Sn/c1-2-3-4-5-6-7-8-9-10-11-12-14(16(19)20)13-15(17)18;6*1-3-4-2;;/h11-12,14H,2-10,13H2,1H3,(H,17,18)(H,19,20);6*1,3-4H2,2H3;;/b12-11+;;;;;;;;. The van der Waals surface area contributed by atoms with Crippen molar-refractivity contribution in [2.75, 3.05) is 0 Å². The second-order valence-electron chi connectivity index (χ2n) is 13.4. The van der Waals surface area contributed by atoms with Crippen LogP contribution in [0, 0.1) is 5.92 Å². The Labute approximate surface area is 303 Å². The number of hydrogen-bond acceptors (Lipinski definition) is 2. The molecule has 0 bridgehead atoms. The number of hydrogen-bond donors (Lipinski definition) is 2. The molecule has 0 heterocycles. The van der Waals surface area contributed by atoms with Gasteiger partial charge in [-0.15, -0.1) is 0 Å². The van der Waals surface area contributed by atoms with Gasteiger partial charge in [-0.2, -0.15) is 0 Å². The van der Waals surface area contributed by atoms with Gasteiger partial charge >= 0.3 is 197 Å². The van der Waals surface area contributed by atoms with Gasteiger partial charge in [0, 0.05) is 0 Å². The summed E-state index contributed by atoms with van der Waals surface area (Å²) in [5.41, 5.74) is 0. The molecule has 0 saturated heterocycles. The fraction of sp³-hybridized carbons (Fsp3) is 0.900. The predicted octanol–water partition coefficient (Wildman–Crippen LogP) is 14.0. The third-order valence-electron chi connectivity index (χ3n) is 8.61. The van der Waals surface area contributed by atoms with Crippen molar-refractivity contribution in [2.45, 2.75) is 216 Å². The molecule has 0 aromatic carbocycles. The van der Waals surface area contributed by atoms with Crippen LogP contribution in [0.4, 0.5) is 0 Å². The fourth-order valence-corrected chi connectivity index (χ4v) is 24.3. The molecule has 0 rings (SSSR count). The first kappa shape index (κ1) is 50.7.